The van der Waals surface area contributed by atoms with Gasteiger partial charge in [-0.25, -0.2) is 0 Å². The molecule has 2 N–H and O–H groups in total. The van der Waals surface area contributed by atoms with E-state index in [1.165, 1.54) is 7.11 Å². The number of hydrogen-bond acceptors (Lipinski definition) is 5. The molecule has 0 aromatic carbocycles. The number of methoxy groups -OCH3 is 1. The lowest BCUT2D eigenvalue weighted by Gasteiger charge is -2.38. The van der Waals surface area contributed by atoms with Crippen molar-refractivity contribution in [1.29, 1.82) is 0 Å². The molecule has 0 radical (unpaired) electrons. The Morgan fingerprint density at radius 3 is 2.24 bits per heavy atom. The fourth-order valence-electron chi connectivity index (χ4n) is 1.94. The Balaban J connectivity index is 2.56. The van der Waals surface area contributed by atoms with E-state index in [9.17, 15) is 9.59 Å². The Morgan fingerprint density at radius 1 is 1.29 bits per heavy atom. The normalized spacial score (nSPS) is 25.7. The van der Waals surface area contributed by atoms with Crippen molar-refractivity contribution in [2.45, 2.75) is 45.3 Å². The molecule has 0 heterocycles. The Kier molecular flexibility index (Phi) is 4.14. The van der Waals surface area contributed by atoms with Crippen LogP contribution in [0.25, 0.3) is 0 Å². The zero-order valence-electron chi connectivity index (χ0n) is 10.9. The highest BCUT2D eigenvalue weighted by Crippen LogP contribution is 2.37. The second-order valence-electron chi connectivity index (χ2n) is 5.43. The van der Waals surface area contributed by atoms with Crippen LogP contribution >= 0.6 is 0 Å². The fourth-order valence-corrected chi connectivity index (χ4v) is 1.94. The summed E-state index contributed by atoms with van der Waals surface area (Å²) in [6.45, 7) is 5.36. The van der Waals surface area contributed by atoms with Gasteiger partial charge in [-0.05, 0) is 39.5 Å². The highest BCUT2D eigenvalue weighted by atomic mass is 16.6. The number of ether oxygens (including phenoxy) is 2. The fraction of sp³-hybridized carbons (Fsp3) is 0.833. The van der Waals surface area contributed by atoms with Crippen LogP contribution in [0.5, 0.6) is 0 Å². The summed E-state index contributed by atoms with van der Waals surface area (Å²) in [5.74, 6) is -1.16. The van der Waals surface area contributed by atoms with E-state index in [0.29, 0.717) is 0 Å². The molecule has 5 heteroatoms. The number of rotatable bonds is 3. The molecule has 17 heavy (non-hydrogen) atoms. The van der Waals surface area contributed by atoms with E-state index in [-0.39, 0.29) is 17.8 Å². The molecule has 5 nitrogen and oxygen atoms in total. The quantitative estimate of drug-likeness (QED) is 0.743. The smallest absolute Gasteiger partial charge is 0.323 e. The van der Waals surface area contributed by atoms with Crippen molar-refractivity contribution in [2.24, 2.45) is 17.6 Å². The summed E-state index contributed by atoms with van der Waals surface area (Å²) in [5, 5.41) is 0. The van der Waals surface area contributed by atoms with Gasteiger partial charge in [-0.3, -0.25) is 9.59 Å². The van der Waals surface area contributed by atoms with Gasteiger partial charge in [0.1, 0.15) is 11.6 Å². The van der Waals surface area contributed by atoms with Gasteiger partial charge in [0, 0.05) is 0 Å². The van der Waals surface area contributed by atoms with Crippen LogP contribution in [0.2, 0.25) is 0 Å². The second kappa shape index (κ2) is 5.04. The van der Waals surface area contributed by atoms with Crippen molar-refractivity contribution >= 4 is 11.9 Å². The maximum atomic E-state index is 11.8. The monoisotopic (exact) mass is 243 g/mol. The molecule has 0 aromatic heterocycles. The number of esters is 2. The van der Waals surface area contributed by atoms with E-state index >= 15 is 0 Å². The summed E-state index contributed by atoms with van der Waals surface area (Å²) in [6, 6.07) is -0.743. The summed E-state index contributed by atoms with van der Waals surface area (Å²) < 4.78 is 9.87. The van der Waals surface area contributed by atoms with Crippen LogP contribution in [-0.2, 0) is 19.1 Å². The Labute approximate surface area is 102 Å². The molecule has 98 valence electrons. The van der Waals surface area contributed by atoms with Crippen LogP contribution in [0.4, 0.5) is 0 Å². The predicted molar refractivity (Wildman–Crippen MR) is 62.1 cm³/mol. The third kappa shape index (κ3) is 3.43. The van der Waals surface area contributed by atoms with Crippen LogP contribution in [0, 0.1) is 11.8 Å². The summed E-state index contributed by atoms with van der Waals surface area (Å²) >= 11 is 0. The van der Waals surface area contributed by atoms with E-state index < -0.39 is 17.6 Å². The molecule has 1 aliphatic rings. The van der Waals surface area contributed by atoms with Gasteiger partial charge in [-0.15, -0.1) is 0 Å². The van der Waals surface area contributed by atoms with Crippen molar-refractivity contribution in [1.82, 2.24) is 0 Å². The lowest BCUT2D eigenvalue weighted by atomic mass is 9.70. The molecule has 0 saturated heterocycles. The molecule has 1 saturated carbocycles. The first-order chi connectivity index (χ1) is 7.76. The van der Waals surface area contributed by atoms with Crippen molar-refractivity contribution in [3.63, 3.8) is 0 Å². The zero-order chi connectivity index (χ0) is 13.2. The number of hydrogen-bond donors (Lipinski definition) is 1. The molecule has 0 bridgehead atoms. The van der Waals surface area contributed by atoms with Crippen LogP contribution < -0.4 is 5.73 Å². The molecule has 1 rings (SSSR count). The van der Waals surface area contributed by atoms with Crippen molar-refractivity contribution in [3.05, 3.63) is 0 Å². The topological polar surface area (TPSA) is 78.6 Å². The van der Waals surface area contributed by atoms with Gasteiger partial charge in [0.2, 0.25) is 0 Å². The van der Waals surface area contributed by atoms with E-state index in [2.05, 4.69) is 4.74 Å². The third-order valence-electron chi connectivity index (χ3n) is 2.97. The molecule has 0 aromatic rings. The van der Waals surface area contributed by atoms with Crippen molar-refractivity contribution in [3.8, 4) is 0 Å². The average molecular weight is 243 g/mol. The van der Waals surface area contributed by atoms with Gasteiger partial charge < -0.3 is 15.2 Å². The minimum atomic E-state index is -0.743. The summed E-state index contributed by atoms with van der Waals surface area (Å²) in [4.78, 5) is 23.1. The largest absolute Gasteiger partial charge is 0.469 e. The van der Waals surface area contributed by atoms with E-state index in [1.54, 1.807) is 20.8 Å². The first-order valence-corrected chi connectivity index (χ1v) is 5.82. The molecule has 3 atom stereocenters. The zero-order valence-corrected chi connectivity index (χ0v) is 10.9. The molecular formula is C12H21NO4. The molecule has 1 fully saturated rings. The minimum absolute atomic E-state index is 0.155. The number of carbonyl (C=O) groups excluding carboxylic acids is 2. The van der Waals surface area contributed by atoms with E-state index in [4.69, 9.17) is 10.5 Å². The number of nitrogens with two attached hydrogens (primary N) is 1. The van der Waals surface area contributed by atoms with Gasteiger partial charge in [0.05, 0.1) is 13.0 Å². The summed E-state index contributed by atoms with van der Waals surface area (Å²) in [7, 11) is 1.34. The highest BCUT2D eigenvalue weighted by Gasteiger charge is 2.44. The maximum absolute atomic E-state index is 11.8. The summed E-state index contributed by atoms with van der Waals surface area (Å²) in [5.41, 5.74) is 5.27. The van der Waals surface area contributed by atoms with Crippen LogP contribution in [0.1, 0.15) is 33.6 Å². The third-order valence-corrected chi connectivity index (χ3v) is 2.97. The number of carbonyl (C=O) groups is 2. The van der Waals surface area contributed by atoms with Crippen LogP contribution in [0.3, 0.4) is 0 Å². The average Bonchev–Trinajstić information content (AvgIpc) is 2.13. The van der Waals surface area contributed by atoms with Gasteiger partial charge >= 0.3 is 11.9 Å². The Morgan fingerprint density at radius 2 is 1.88 bits per heavy atom. The predicted octanol–water partition coefficient (Wildman–Crippen LogP) is 0.855. The molecular weight excluding hydrogens is 222 g/mol. The lowest BCUT2D eigenvalue weighted by molar-refractivity contribution is -0.163. The van der Waals surface area contributed by atoms with Crippen LogP contribution in [-0.4, -0.2) is 30.7 Å². The first-order valence-electron chi connectivity index (χ1n) is 5.82. The first kappa shape index (κ1) is 14.0. The molecule has 0 amide bonds. The maximum Gasteiger partial charge on any atom is 0.323 e. The molecule has 1 aliphatic carbocycles. The van der Waals surface area contributed by atoms with Gasteiger partial charge in [0.15, 0.2) is 0 Å². The van der Waals surface area contributed by atoms with Gasteiger partial charge in [0.25, 0.3) is 0 Å². The Bertz CT molecular complexity index is 308. The SMILES string of the molecule is COC(=O)C1CCC1C(N)C(=O)OC(C)(C)C. The standard InChI is InChI=1S/C12H21NO4/c1-12(2,3)17-11(15)9(13)7-5-6-8(7)10(14)16-4/h7-9H,5-6,13H2,1-4H3. The van der Waals surface area contributed by atoms with Crippen LogP contribution in [0.15, 0.2) is 0 Å². The second-order valence-corrected chi connectivity index (χ2v) is 5.43. The van der Waals surface area contributed by atoms with Gasteiger partial charge in [-0.1, -0.05) is 0 Å². The van der Waals surface area contributed by atoms with E-state index in [0.717, 1.165) is 12.8 Å². The molecule has 0 aliphatic heterocycles. The summed E-state index contributed by atoms with van der Waals surface area (Å²) in [6.07, 6.45) is 1.49. The van der Waals surface area contributed by atoms with E-state index in [1.807, 2.05) is 0 Å². The van der Waals surface area contributed by atoms with Crippen molar-refractivity contribution in [2.75, 3.05) is 7.11 Å². The van der Waals surface area contributed by atoms with Crippen molar-refractivity contribution < 1.29 is 19.1 Å². The molecule has 0 spiro atoms. The molecule has 3 unspecified atom stereocenters. The lowest BCUT2D eigenvalue weighted by Crippen LogP contribution is -2.51. The Hall–Kier alpha value is -1.10. The minimum Gasteiger partial charge on any atom is -0.469 e. The highest BCUT2D eigenvalue weighted by molar-refractivity contribution is 5.80. The van der Waals surface area contributed by atoms with Gasteiger partial charge in [-0.2, -0.15) is 0 Å².